The number of rotatable bonds is 3. The molecule has 0 radical (unpaired) electrons. The topological polar surface area (TPSA) is 46.9 Å². The third kappa shape index (κ3) is 3.09. The molecular weight excluding hydrogens is 342 g/mol. The Hall–Kier alpha value is -2.40. The Kier molecular flexibility index (Phi) is 4.06. The molecule has 5 heteroatoms. The summed E-state index contributed by atoms with van der Waals surface area (Å²) in [7, 11) is 0. The van der Waals surface area contributed by atoms with Crippen molar-refractivity contribution in [3.8, 4) is 5.69 Å². The predicted octanol–water partition coefficient (Wildman–Crippen LogP) is 4.20. The molecule has 0 atom stereocenters. The number of nitrogens with zero attached hydrogens (tertiary/aromatic N) is 2. The van der Waals surface area contributed by atoms with Gasteiger partial charge in [-0.15, -0.1) is 0 Å². The molecule has 0 aliphatic rings. The first-order chi connectivity index (χ1) is 10.6. The average molecular weight is 356 g/mol. The zero-order valence-electron chi connectivity index (χ0n) is 12.0. The lowest BCUT2D eigenvalue weighted by atomic mass is 10.2. The number of para-hydroxylation sites is 1. The molecule has 110 valence electrons. The summed E-state index contributed by atoms with van der Waals surface area (Å²) in [6.45, 7) is 1.90. The largest absolute Gasteiger partial charge is 0.306 e. The Labute approximate surface area is 136 Å². The van der Waals surface area contributed by atoms with Crippen molar-refractivity contribution in [3.05, 3.63) is 76.4 Å². The van der Waals surface area contributed by atoms with Gasteiger partial charge in [-0.3, -0.25) is 4.79 Å². The fourth-order valence-electron chi connectivity index (χ4n) is 2.14. The minimum absolute atomic E-state index is 0.162. The van der Waals surface area contributed by atoms with Gasteiger partial charge in [0.05, 0.1) is 11.4 Å². The van der Waals surface area contributed by atoms with Crippen molar-refractivity contribution in [2.75, 3.05) is 5.32 Å². The number of hydrogen-bond acceptors (Lipinski definition) is 2. The highest BCUT2D eigenvalue weighted by molar-refractivity contribution is 9.10. The summed E-state index contributed by atoms with van der Waals surface area (Å²) in [6.07, 6.45) is 0. The van der Waals surface area contributed by atoms with Crippen LogP contribution < -0.4 is 5.32 Å². The van der Waals surface area contributed by atoms with Crippen molar-refractivity contribution in [1.82, 2.24) is 9.78 Å². The normalized spacial score (nSPS) is 10.5. The summed E-state index contributed by atoms with van der Waals surface area (Å²) in [5.41, 5.74) is 2.35. The second-order valence-corrected chi connectivity index (χ2v) is 5.80. The molecule has 0 bridgehead atoms. The number of carbonyl (C=O) groups excluding carboxylic acids is 1. The summed E-state index contributed by atoms with van der Waals surface area (Å²) >= 11 is 3.36. The summed E-state index contributed by atoms with van der Waals surface area (Å²) in [5.74, 6) is 0.487. The van der Waals surface area contributed by atoms with Crippen LogP contribution in [0.1, 0.15) is 16.1 Å². The van der Waals surface area contributed by atoms with Gasteiger partial charge >= 0.3 is 0 Å². The van der Waals surface area contributed by atoms with Crippen LogP contribution in [0.15, 0.2) is 65.1 Å². The fourth-order valence-corrected chi connectivity index (χ4v) is 2.41. The van der Waals surface area contributed by atoms with E-state index in [0.29, 0.717) is 11.4 Å². The van der Waals surface area contributed by atoms with Crippen LogP contribution in [0.4, 0.5) is 5.82 Å². The Balaban J connectivity index is 1.90. The zero-order chi connectivity index (χ0) is 15.5. The molecule has 0 aliphatic heterocycles. The molecule has 2 aromatic carbocycles. The molecule has 0 unspecified atom stereocenters. The molecule has 0 saturated heterocycles. The van der Waals surface area contributed by atoms with Gasteiger partial charge in [-0.2, -0.15) is 5.10 Å². The van der Waals surface area contributed by atoms with Crippen LogP contribution in [-0.2, 0) is 0 Å². The lowest BCUT2D eigenvalue weighted by molar-refractivity contribution is 0.102. The van der Waals surface area contributed by atoms with E-state index in [9.17, 15) is 4.79 Å². The third-order valence-corrected chi connectivity index (χ3v) is 3.71. The second-order valence-electron chi connectivity index (χ2n) is 4.88. The van der Waals surface area contributed by atoms with E-state index in [2.05, 4.69) is 26.3 Å². The number of benzene rings is 2. The number of aromatic nitrogens is 2. The summed E-state index contributed by atoms with van der Waals surface area (Å²) < 4.78 is 2.67. The Morgan fingerprint density at radius 2 is 1.77 bits per heavy atom. The van der Waals surface area contributed by atoms with Crippen molar-refractivity contribution >= 4 is 27.7 Å². The van der Waals surface area contributed by atoms with Crippen molar-refractivity contribution in [1.29, 1.82) is 0 Å². The van der Waals surface area contributed by atoms with Gasteiger partial charge in [0.2, 0.25) is 0 Å². The number of carbonyl (C=O) groups is 1. The highest BCUT2D eigenvalue weighted by Gasteiger charge is 2.12. The van der Waals surface area contributed by atoms with Gasteiger partial charge < -0.3 is 5.32 Å². The van der Waals surface area contributed by atoms with E-state index in [0.717, 1.165) is 15.9 Å². The zero-order valence-corrected chi connectivity index (χ0v) is 13.5. The van der Waals surface area contributed by atoms with E-state index >= 15 is 0 Å². The van der Waals surface area contributed by atoms with Gasteiger partial charge in [-0.05, 0) is 43.3 Å². The number of aryl methyl sites for hydroxylation is 1. The molecule has 1 amide bonds. The minimum atomic E-state index is -0.162. The maximum absolute atomic E-state index is 12.4. The number of amides is 1. The van der Waals surface area contributed by atoms with Crippen LogP contribution in [0.5, 0.6) is 0 Å². The molecule has 3 rings (SSSR count). The molecule has 1 N–H and O–H groups in total. The molecule has 22 heavy (non-hydrogen) atoms. The monoisotopic (exact) mass is 355 g/mol. The first-order valence-electron chi connectivity index (χ1n) is 6.82. The Morgan fingerprint density at radius 1 is 1.09 bits per heavy atom. The van der Waals surface area contributed by atoms with Gasteiger partial charge in [-0.1, -0.05) is 34.1 Å². The second kappa shape index (κ2) is 6.15. The first-order valence-corrected chi connectivity index (χ1v) is 7.62. The molecule has 3 aromatic rings. The fraction of sp³-hybridized carbons (Fsp3) is 0.0588. The molecule has 0 spiro atoms. The van der Waals surface area contributed by atoms with Gasteiger partial charge in [0.1, 0.15) is 5.82 Å². The summed E-state index contributed by atoms with van der Waals surface area (Å²) in [5, 5.41) is 7.35. The van der Waals surface area contributed by atoms with Crippen molar-refractivity contribution in [2.45, 2.75) is 6.92 Å². The molecular formula is C17H14BrN3O. The average Bonchev–Trinajstić information content (AvgIpc) is 2.89. The number of nitrogens with one attached hydrogen (secondary N) is 1. The van der Waals surface area contributed by atoms with Crippen LogP contribution in [0.25, 0.3) is 5.69 Å². The van der Waals surface area contributed by atoms with Crippen molar-refractivity contribution in [2.24, 2.45) is 0 Å². The lowest BCUT2D eigenvalue weighted by Gasteiger charge is -2.09. The van der Waals surface area contributed by atoms with Gasteiger partial charge in [0.15, 0.2) is 0 Å². The minimum Gasteiger partial charge on any atom is -0.306 e. The van der Waals surface area contributed by atoms with Crippen LogP contribution >= 0.6 is 15.9 Å². The standard InChI is InChI=1S/C17H14BrN3O/c1-12-11-16(21(20-12)15-5-3-2-4-6-15)19-17(22)13-7-9-14(18)10-8-13/h2-11H,1H3,(H,19,22). The summed E-state index contributed by atoms with van der Waals surface area (Å²) in [4.78, 5) is 12.4. The molecule has 1 aromatic heterocycles. The van der Waals surface area contributed by atoms with Gasteiger partial charge in [0, 0.05) is 16.1 Å². The predicted molar refractivity (Wildman–Crippen MR) is 90.4 cm³/mol. The third-order valence-electron chi connectivity index (χ3n) is 3.18. The first kappa shape index (κ1) is 14.5. The quantitative estimate of drug-likeness (QED) is 0.765. The lowest BCUT2D eigenvalue weighted by Crippen LogP contribution is -2.15. The van der Waals surface area contributed by atoms with Crippen LogP contribution in [0, 0.1) is 6.92 Å². The van der Waals surface area contributed by atoms with E-state index in [4.69, 9.17) is 0 Å². The van der Waals surface area contributed by atoms with Crippen LogP contribution in [0.3, 0.4) is 0 Å². The summed E-state index contributed by atoms with van der Waals surface area (Å²) in [6, 6.07) is 18.8. The highest BCUT2D eigenvalue weighted by Crippen LogP contribution is 2.18. The molecule has 0 aliphatic carbocycles. The van der Waals surface area contributed by atoms with Gasteiger partial charge in [0.25, 0.3) is 5.91 Å². The smallest absolute Gasteiger partial charge is 0.256 e. The van der Waals surface area contributed by atoms with E-state index < -0.39 is 0 Å². The maximum Gasteiger partial charge on any atom is 0.256 e. The van der Waals surface area contributed by atoms with E-state index in [1.54, 1.807) is 16.8 Å². The Bertz CT molecular complexity index is 795. The van der Waals surface area contributed by atoms with E-state index in [-0.39, 0.29) is 5.91 Å². The van der Waals surface area contributed by atoms with Crippen molar-refractivity contribution in [3.63, 3.8) is 0 Å². The van der Waals surface area contributed by atoms with Gasteiger partial charge in [-0.25, -0.2) is 4.68 Å². The molecule has 0 fully saturated rings. The number of hydrogen-bond donors (Lipinski definition) is 1. The van der Waals surface area contributed by atoms with Crippen LogP contribution in [-0.4, -0.2) is 15.7 Å². The van der Waals surface area contributed by atoms with Crippen LogP contribution in [0.2, 0.25) is 0 Å². The molecule has 1 heterocycles. The van der Waals surface area contributed by atoms with E-state index in [1.807, 2.05) is 55.5 Å². The highest BCUT2D eigenvalue weighted by atomic mass is 79.9. The SMILES string of the molecule is Cc1cc(NC(=O)c2ccc(Br)cc2)n(-c2ccccc2)n1. The molecule has 4 nitrogen and oxygen atoms in total. The van der Waals surface area contributed by atoms with Crippen molar-refractivity contribution < 1.29 is 4.79 Å². The maximum atomic E-state index is 12.4. The van der Waals surface area contributed by atoms with E-state index in [1.165, 1.54) is 0 Å². The molecule has 0 saturated carbocycles. The number of halogens is 1. The Morgan fingerprint density at radius 3 is 2.45 bits per heavy atom. The number of anilines is 1.